The third-order valence-electron chi connectivity index (χ3n) is 11.3. The summed E-state index contributed by atoms with van der Waals surface area (Å²) in [5.41, 5.74) is 0. The van der Waals surface area contributed by atoms with Crippen LogP contribution in [-0.2, 0) is 28.6 Å². The van der Waals surface area contributed by atoms with Gasteiger partial charge in [0.15, 0.2) is 6.10 Å². The predicted octanol–water partition coefficient (Wildman–Crippen LogP) is 15.4. The molecule has 326 valence electrons. The van der Waals surface area contributed by atoms with Crippen molar-refractivity contribution < 1.29 is 28.6 Å². The fraction of sp³-hybridized carbons (Fsp3) is 0.939. The van der Waals surface area contributed by atoms with Crippen LogP contribution in [0.5, 0.6) is 0 Å². The average molecular weight is 779 g/mol. The topological polar surface area (TPSA) is 78.9 Å². The zero-order valence-electron chi connectivity index (χ0n) is 37.6. The summed E-state index contributed by atoms with van der Waals surface area (Å²) < 4.78 is 16.8. The summed E-state index contributed by atoms with van der Waals surface area (Å²) >= 11 is 0. The van der Waals surface area contributed by atoms with E-state index in [2.05, 4.69) is 34.6 Å². The third kappa shape index (κ3) is 41.9. The van der Waals surface area contributed by atoms with Crippen LogP contribution >= 0.6 is 0 Å². The second-order valence-corrected chi connectivity index (χ2v) is 17.5. The van der Waals surface area contributed by atoms with E-state index in [0.29, 0.717) is 19.3 Å². The molecular formula is C49H94O6. The molecule has 0 aliphatic rings. The van der Waals surface area contributed by atoms with Crippen LogP contribution in [0.25, 0.3) is 0 Å². The molecule has 0 fully saturated rings. The summed E-state index contributed by atoms with van der Waals surface area (Å²) in [4.78, 5) is 37.8. The number of ether oxygens (including phenoxy) is 3. The van der Waals surface area contributed by atoms with Crippen LogP contribution in [-0.4, -0.2) is 37.2 Å². The zero-order chi connectivity index (χ0) is 40.5. The molecule has 0 saturated carbocycles. The second kappa shape index (κ2) is 42.0. The van der Waals surface area contributed by atoms with Gasteiger partial charge in [-0.15, -0.1) is 0 Å². The van der Waals surface area contributed by atoms with Crippen molar-refractivity contribution in [2.24, 2.45) is 11.8 Å². The second-order valence-electron chi connectivity index (χ2n) is 17.5. The average Bonchev–Trinajstić information content (AvgIpc) is 3.17. The highest BCUT2D eigenvalue weighted by molar-refractivity contribution is 5.71. The predicted molar refractivity (Wildman–Crippen MR) is 233 cm³/mol. The molecule has 2 atom stereocenters. The van der Waals surface area contributed by atoms with Crippen molar-refractivity contribution in [2.75, 3.05) is 13.2 Å². The monoisotopic (exact) mass is 779 g/mol. The van der Waals surface area contributed by atoms with E-state index in [1.807, 2.05) is 0 Å². The molecule has 0 saturated heterocycles. The van der Waals surface area contributed by atoms with Gasteiger partial charge in [-0.2, -0.15) is 0 Å². The Morgan fingerprint density at radius 2 is 0.691 bits per heavy atom. The van der Waals surface area contributed by atoms with E-state index in [1.165, 1.54) is 154 Å². The van der Waals surface area contributed by atoms with Crippen molar-refractivity contribution in [3.05, 3.63) is 0 Å². The molecular weight excluding hydrogens is 685 g/mol. The number of esters is 3. The minimum absolute atomic E-state index is 0.0649. The molecule has 55 heavy (non-hydrogen) atoms. The smallest absolute Gasteiger partial charge is 0.306 e. The van der Waals surface area contributed by atoms with E-state index in [0.717, 1.165) is 69.6 Å². The lowest BCUT2D eigenvalue weighted by atomic mass is 9.99. The summed E-state index contributed by atoms with van der Waals surface area (Å²) in [5, 5.41) is 0. The van der Waals surface area contributed by atoms with Gasteiger partial charge < -0.3 is 14.2 Å². The van der Waals surface area contributed by atoms with Gasteiger partial charge in [0.2, 0.25) is 0 Å². The maximum absolute atomic E-state index is 12.7. The lowest BCUT2D eigenvalue weighted by molar-refractivity contribution is -0.167. The largest absolute Gasteiger partial charge is 0.462 e. The Hall–Kier alpha value is -1.59. The van der Waals surface area contributed by atoms with Crippen LogP contribution in [0.1, 0.15) is 266 Å². The summed E-state index contributed by atoms with van der Waals surface area (Å²) in [6.45, 7) is 11.3. The highest BCUT2D eigenvalue weighted by Gasteiger charge is 2.19. The molecule has 6 heteroatoms. The minimum atomic E-state index is -0.761. The Labute approximate surface area is 342 Å². The standard InChI is InChI=1S/C49H94O6/c1-6-8-9-10-11-12-13-14-15-16-17-24-29-34-39-47(50)53-42-46(55-49(52)41-36-31-26-20-18-22-27-32-37-44(3)4)43-54-48(51)40-35-30-25-21-19-23-28-33-38-45(5)7-2/h44-46H,6-43H2,1-5H3/t45?,46-/m0/s1. The molecule has 0 N–H and O–H groups in total. The van der Waals surface area contributed by atoms with E-state index in [-0.39, 0.29) is 31.1 Å². The van der Waals surface area contributed by atoms with Crippen molar-refractivity contribution >= 4 is 17.9 Å². The first-order valence-electron chi connectivity index (χ1n) is 24.3. The van der Waals surface area contributed by atoms with Crippen LogP contribution in [0.4, 0.5) is 0 Å². The van der Waals surface area contributed by atoms with Gasteiger partial charge in [-0.25, -0.2) is 0 Å². The maximum Gasteiger partial charge on any atom is 0.306 e. The van der Waals surface area contributed by atoms with Gasteiger partial charge in [-0.1, -0.05) is 227 Å². The van der Waals surface area contributed by atoms with Crippen LogP contribution in [0.3, 0.4) is 0 Å². The van der Waals surface area contributed by atoms with Gasteiger partial charge in [0.25, 0.3) is 0 Å². The van der Waals surface area contributed by atoms with Crippen LogP contribution in [0, 0.1) is 11.8 Å². The molecule has 0 aromatic carbocycles. The zero-order valence-corrected chi connectivity index (χ0v) is 37.6. The van der Waals surface area contributed by atoms with Gasteiger partial charge in [-0.05, 0) is 31.1 Å². The first kappa shape index (κ1) is 53.4. The summed E-state index contributed by atoms with van der Waals surface area (Å²) in [7, 11) is 0. The molecule has 0 aliphatic heterocycles. The van der Waals surface area contributed by atoms with Crippen molar-refractivity contribution in [3.8, 4) is 0 Å². The number of carbonyl (C=O) groups excluding carboxylic acids is 3. The number of hydrogen-bond donors (Lipinski definition) is 0. The van der Waals surface area contributed by atoms with Gasteiger partial charge in [0, 0.05) is 19.3 Å². The number of rotatable bonds is 43. The molecule has 0 aromatic rings. The Morgan fingerprint density at radius 1 is 0.382 bits per heavy atom. The fourth-order valence-electron chi connectivity index (χ4n) is 7.25. The molecule has 0 aromatic heterocycles. The molecule has 0 amide bonds. The van der Waals surface area contributed by atoms with Gasteiger partial charge >= 0.3 is 17.9 Å². The summed E-state index contributed by atoms with van der Waals surface area (Å²) in [6, 6.07) is 0. The Bertz CT molecular complexity index is 841. The summed E-state index contributed by atoms with van der Waals surface area (Å²) in [5.74, 6) is 0.785. The highest BCUT2D eigenvalue weighted by atomic mass is 16.6. The maximum atomic E-state index is 12.7. The van der Waals surface area contributed by atoms with Crippen molar-refractivity contribution in [1.29, 1.82) is 0 Å². The quantitative estimate of drug-likeness (QED) is 0.0348. The third-order valence-corrected chi connectivity index (χ3v) is 11.3. The normalized spacial score (nSPS) is 12.5. The van der Waals surface area contributed by atoms with E-state index in [4.69, 9.17) is 14.2 Å². The molecule has 0 spiro atoms. The Kier molecular flexibility index (Phi) is 40.8. The van der Waals surface area contributed by atoms with Crippen LogP contribution in [0.15, 0.2) is 0 Å². The highest BCUT2D eigenvalue weighted by Crippen LogP contribution is 2.17. The van der Waals surface area contributed by atoms with E-state index >= 15 is 0 Å². The summed E-state index contributed by atoms with van der Waals surface area (Å²) in [6.07, 6.45) is 40.8. The van der Waals surface area contributed by atoms with E-state index in [1.54, 1.807) is 0 Å². The number of unbranched alkanes of at least 4 members (excludes halogenated alkanes) is 27. The Balaban J connectivity index is 4.33. The van der Waals surface area contributed by atoms with E-state index < -0.39 is 6.10 Å². The van der Waals surface area contributed by atoms with Crippen molar-refractivity contribution in [1.82, 2.24) is 0 Å². The van der Waals surface area contributed by atoms with Crippen LogP contribution < -0.4 is 0 Å². The van der Waals surface area contributed by atoms with Gasteiger partial charge in [-0.3, -0.25) is 14.4 Å². The van der Waals surface area contributed by atoms with Crippen molar-refractivity contribution in [3.63, 3.8) is 0 Å². The van der Waals surface area contributed by atoms with Crippen LogP contribution in [0.2, 0.25) is 0 Å². The van der Waals surface area contributed by atoms with Crippen molar-refractivity contribution in [2.45, 2.75) is 272 Å². The SMILES string of the molecule is CCCCCCCCCCCCCCCCC(=O)OC[C@@H](COC(=O)CCCCCCCCCCC(C)CC)OC(=O)CCCCCCCCCCC(C)C. The molecule has 0 aliphatic carbocycles. The number of hydrogen-bond acceptors (Lipinski definition) is 6. The Morgan fingerprint density at radius 3 is 1.04 bits per heavy atom. The van der Waals surface area contributed by atoms with Gasteiger partial charge in [0.1, 0.15) is 13.2 Å². The molecule has 0 radical (unpaired) electrons. The minimum Gasteiger partial charge on any atom is -0.462 e. The molecule has 0 heterocycles. The van der Waals surface area contributed by atoms with Gasteiger partial charge in [0.05, 0.1) is 0 Å². The fourth-order valence-corrected chi connectivity index (χ4v) is 7.25. The lowest BCUT2D eigenvalue weighted by Gasteiger charge is -2.18. The molecule has 0 bridgehead atoms. The molecule has 6 nitrogen and oxygen atoms in total. The number of carbonyl (C=O) groups is 3. The molecule has 0 rings (SSSR count). The lowest BCUT2D eigenvalue weighted by Crippen LogP contribution is -2.30. The molecule has 1 unspecified atom stereocenters. The first-order valence-corrected chi connectivity index (χ1v) is 24.3. The van der Waals surface area contributed by atoms with E-state index in [9.17, 15) is 14.4 Å². The first-order chi connectivity index (χ1) is 26.8.